The maximum absolute atomic E-state index is 11.8. The molecule has 0 bridgehead atoms. The van der Waals surface area contributed by atoms with Crippen LogP contribution in [-0.4, -0.2) is 11.8 Å². The first-order valence-corrected chi connectivity index (χ1v) is 6.16. The lowest BCUT2D eigenvalue weighted by Crippen LogP contribution is -2.10. The average Bonchev–Trinajstić information content (AvgIpc) is 2.29. The number of ether oxygens (including phenoxy) is 1. The Morgan fingerprint density at radius 3 is 2.71 bits per heavy atom. The zero-order valence-corrected chi connectivity index (χ0v) is 10.7. The van der Waals surface area contributed by atoms with Crippen molar-refractivity contribution in [1.29, 1.82) is 0 Å². The lowest BCUT2D eigenvalue weighted by atomic mass is 10.1. The molecule has 88 valence electrons. The van der Waals surface area contributed by atoms with E-state index in [1.807, 2.05) is 6.07 Å². The van der Waals surface area contributed by atoms with Crippen LogP contribution in [0.3, 0.4) is 0 Å². The van der Waals surface area contributed by atoms with E-state index in [0.29, 0.717) is 28.6 Å². The van der Waals surface area contributed by atoms with Crippen LogP contribution in [0.1, 0.15) is 29.6 Å². The van der Waals surface area contributed by atoms with Gasteiger partial charge in [-0.3, -0.25) is 4.79 Å². The second kappa shape index (κ2) is 5.27. The van der Waals surface area contributed by atoms with Crippen LogP contribution >= 0.6 is 15.9 Å². The Hall–Kier alpha value is -1.42. The molecular formula is C13H11BrO3. The maximum Gasteiger partial charge on any atom is 0.344 e. The highest BCUT2D eigenvalue weighted by molar-refractivity contribution is 9.10. The third-order valence-electron chi connectivity index (χ3n) is 2.49. The van der Waals surface area contributed by atoms with E-state index in [-0.39, 0.29) is 5.78 Å². The number of halogens is 1. The molecule has 1 aromatic carbocycles. The van der Waals surface area contributed by atoms with E-state index in [2.05, 4.69) is 15.9 Å². The smallest absolute Gasteiger partial charge is 0.344 e. The summed E-state index contributed by atoms with van der Waals surface area (Å²) in [5.41, 5.74) is 0.464. The number of esters is 1. The molecule has 0 aromatic heterocycles. The molecule has 4 heteroatoms. The summed E-state index contributed by atoms with van der Waals surface area (Å²) < 4.78 is 5.89. The summed E-state index contributed by atoms with van der Waals surface area (Å²) >= 11 is 3.29. The summed E-state index contributed by atoms with van der Waals surface area (Å²) in [4.78, 5) is 23.0. The van der Waals surface area contributed by atoms with E-state index in [9.17, 15) is 9.59 Å². The first kappa shape index (κ1) is 12.0. The van der Waals surface area contributed by atoms with Crippen LogP contribution in [0.5, 0.6) is 0 Å². The van der Waals surface area contributed by atoms with E-state index in [4.69, 9.17) is 4.74 Å². The van der Waals surface area contributed by atoms with Gasteiger partial charge in [0.2, 0.25) is 0 Å². The predicted octanol–water partition coefficient (Wildman–Crippen LogP) is 3.24. The number of hydrogen-bond acceptors (Lipinski definition) is 3. The molecule has 0 spiro atoms. The fourth-order valence-corrected chi connectivity index (χ4v) is 2.09. The van der Waals surface area contributed by atoms with Crippen molar-refractivity contribution in [1.82, 2.24) is 0 Å². The van der Waals surface area contributed by atoms with Crippen molar-refractivity contribution in [3.05, 3.63) is 46.1 Å². The molecule has 0 saturated heterocycles. The van der Waals surface area contributed by atoms with Crippen LogP contribution in [0.15, 0.2) is 40.6 Å². The number of hydrogen-bond donors (Lipinski definition) is 0. The molecule has 2 rings (SSSR count). The minimum Gasteiger partial charge on any atom is -0.427 e. The third-order valence-corrected chi connectivity index (χ3v) is 3.18. The summed E-state index contributed by atoms with van der Waals surface area (Å²) in [7, 11) is 0. The minimum atomic E-state index is -0.432. The summed E-state index contributed by atoms with van der Waals surface area (Å²) in [6.45, 7) is 0. The normalized spacial score (nSPS) is 15.4. The quantitative estimate of drug-likeness (QED) is 0.787. The lowest BCUT2D eigenvalue weighted by molar-refractivity contribution is -0.115. The molecule has 0 amide bonds. The van der Waals surface area contributed by atoms with Gasteiger partial charge in [-0.25, -0.2) is 4.79 Å². The Balaban J connectivity index is 2.12. The molecule has 1 aliphatic rings. The topological polar surface area (TPSA) is 43.4 Å². The SMILES string of the molecule is O=C1C=C(OC(=O)c2ccccc2Br)CCC1. The second-order valence-corrected chi connectivity index (χ2v) is 4.65. The number of benzene rings is 1. The zero-order valence-electron chi connectivity index (χ0n) is 9.11. The molecule has 3 nitrogen and oxygen atoms in total. The van der Waals surface area contributed by atoms with E-state index in [1.54, 1.807) is 18.2 Å². The van der Waals surface area contributed by atoms with E-state index in [1.165, 1.54) is 6.08 Å². The first-order valence-electron chi connectivity index (χ1n) is 5.37. The second-order valence-electron chi connectivity index (χ2n) is 3.80. The summed E-state index contributed by atoms with van der Waals surface area (Å²) in [6.07, 6.45) is 3.34. The third kappa shape index (κ3) is 3.03. The van der Waals surface area contributed by atoms with Gasteiger partial charge in [-0.15, -0.1) is 0 Å². The van der Waals surface area contributed by atoms with Gasteiger partial charge in [0.05, 0.1) is 5.56 Å². The van der Waals surface area contributed by atoms with Crippen molar-refractivity contribution >= 4 is 27.7 Å². The lowest BCUT2D eigenvalue weighted by Gasteiger charge is -2.12. The van der Waals surface area contributed by atoms with Crippen LogP contribution in [-0.2, 0) is 9.53 Å². The molecule has 0 N–H and O–H groups in total. The molecule has 0 atom stereocenters. The zero-order chi connectivity index (χ0) is 12.3. The van der Waals surface area contributed by atoms with E-state index >= 15 is 0 Å². The Morgan fingerprint density at radius 2 is 2.00 bits per heavy atom. The molecule has 1 aliphatic carbocycles. The molecule has 1 aromatic rings. The molecular weight excluding hydrogens is 284 g/mol. The van der Waals surface area contributed by atoms with Gasteiger partial charge in [0.15, 0.2) is 5.78 Å². The fourth-order valence-electron chi connectivity index (χ4n) is 1.64. The highest BCUT2D eigenvalue weighted by atomic mass is 79.9. The fraction of sp³-hybridized carbons (Fsp3) is 0.231. The number of carbonyl (C=O) groups excluding carboxylic acids is 2. The van der Waals surface area contributed by atoms with Crippen LogP contribution < -0.4 is 0 Å². The van der Waals surface area contributed by atoms with Gasteiger partial charge < -0.3 is 4.74 Å². The van der Waals surface area contributed by atoms with Gasteiger partial charge in [0.1, 0.15) is 5.76 Å². The standard InChI is InChI=1S/C13H11BrO3/c14-12-7-2-1-6-11(12)13(16)17-10-5-3-4-9(15)8-10/h1-2,6-8H,3-5H2. The maximum atomic E-state index is 11.8. The number of ketones is 1. The Kier molecular flexibility index (Phi) is 3.74. The number of rotatable bonds is 2. The summed E-state index contributed by atoms with van der Waals surface area (Å²) in [5, 5.41) is 0. The van der Waals surface area contributed by atoms with Crippen molar-refractivity contribution in [2.24, 2.45) is 0 Å². The van der Waals surface area contributed by atoms with Gasteiger partial charge >= 0.3 is 5.97 Å². The molecule has 0 saturated carbocycles. The van der Waals surface area contributed by atoms with E-state index < -0.39 is 5.97 Å². The Morgan fingerprint density at radius 1 is 1.24 bits per heavy atom. The van der Waals surface area contributed by atoms with Gasteiger partial charge in [-0.1, -0.05) is 12.1 Å². The Labute approximate surface area is 108 Å². The molecule has 0 unspecified atom stereocenters. The van der Waals surface area contributed by atoms with Gasteiger partial charge in [0.25, 0.3) is 0 Å². The largest absolute Gasteiger partial charge is 0.427 e. The number of allylic oxidation sites excluding steroid dienone is 2. The summed E-state index contributed by atoms with van der Waals surface area (Å²) in [6, 6.07) is 7.04. The van der Waals surface area contributed by atoms with Crippen molar-refractivity contribution in [3.8, 4) is 0 Å². The van der Waals surface area contributed by atoms with Gasteiger partial charge in [0, 0.05) is 23.4 Å². The van der Waals surface area contributed by atoms with Gasteiger partial charge in [-0.05, 0) is 34.5 Å². The van der Waals surface area contributed by atoms with E-state index in [0.717, 1.165) is 6.42 Å². The molecule has 0 heterocycles. The van der Waals surface area contributed by atoms with Crippen LogP contribution in [0.4, 0.5) is 0 Å². The minimum absolute atomic E-state index is 0.0196. The Bertz CT molecular complexity index is 491. The van der Waals surface area contributed by atoms with Crippen molar-refractivity contribution in [3.63, 3.8) is 0 Å². The van der Waals surface area contributed by atoms with Crippen molar-refractivity contribution in [2.45, 2.75) is 19.3 Å². The van der Waals surface area contributed by atoms with Crippen LogP contribution in [0.2, 0.25) is 0 Å². The number of carbonyl (C=O) groups is 2. The monoisotopic (exact) mass is 294 g/mol. The average molecular weight is 295 g/mol. The van der Waals surface area contributed by atoms with Crippen LogP contribution in [0.25, 0.3) is 0 Å². The van der Waals surface area contributed by atoms with Crippen molar-refractivity contribution < 1.29 is 14.3 Å². The van der Waals surface area contributed by atoms with Gasteiger partial charge in [-0.2, -0.15) is 0 Å². The highest BCUT2D eigenvalue weighted by Crippen LogP contribution is 2.21. The highest BCUT2D eigenvalue weighted by Gasteiger charge is 2.16. The molecule has 0 aliphatic heterocycles. The summed E-state index contributed by atoms with van der Waals surface area (Å²) in [5.74, 6) is 0.0478. The molecule has 0 radical (unpaired) electrons. The molecule has 17 heavy (non-hydrogen) atoms. The molecule has 0 fully saturated rings. The van der Waals surface area contributed by atoms with Crippen LogP contribution in [0, 0.1) is 0 Å². The first-order chi connectivity index (χ1) is 8.16. The van der Waals surface area contributed by atoms with Crippen molar-refractivity contribution in [2.75, 3.05) is 0 Å². The predicted molar refractivity (Wildman–Crippen MR) is 66.5 cm³/mol.